The zero-order valence-corrected chi connectivity index (χ0v) is 11.0. The first-order valence-electron chi connectivity index (χ1n) is 5.27. The lowest BCUT2D eigenvalue weighted by Crippen LogP contribution is -2.19. The topological polar surface area (TPSA) is 55.1 Å². The van der Waals surface area contributed by atoms with Crippen molar-refractivity contribution < 1.29 is 9.18 Å². The Hall–Kier alpha value is -1.23. The Labute approximate surface area is 105 Å². The molecule has 17 heavy (non-hydrogen) atoms. The van der Waals surface area contributed by atoms with Crippen LogP contribution in [-0.4, -0.2) is 16.4 Å². The lowest BCUT2D eigenvalue weighted by molar-refractivity contribution is -0.113. The molecule has 0 atom stereocenters. The van der Waals surface area contributed by atoms with Crippen molar-refractivity contribution in [3.05, 3.63) is 24.0 Å². The summed E-state index contributed by atoms with van der Waals surface area (Å²) >= 11 is 1.55. The van der Waals surface area contributed by atoms with Gasteiger partial charge in [-0.25, -0.2) is 4.39 Å². The molecular formula is C12H17FN2OS. The van der Waals surface area contributed by atoms with Crippen LogP contribution in [0.2, 0.25) is 0 Å². The van der Waals surface area contributed by atoms with E-state index in [9.17, 15) is 9.18 Å². The number of hydrogen-bond acceptors (Lipinski definition) is 3. The highest BCUT2D eigenvalue weighted by atomic mass is 32.2. The van der Waals surface area contributed by atoms with Crippen LogP contribution in [0.4, 0.5) is 15.8 Å². The van der Waals surface area contributed by atoms with Gasteiger partial charge in [0.25, 0.3) is 0 Å². The van der Waals surface area contributed by atoms with Crippen LogP contribution < -0.4 is 11.1 Å². The van der Waals surface area contributed by atoms with Gasteiger partial charge in [-0.1, -0.05) is 20.8 Å². The van der Waals surface area contributed by atoms with Crippen molar-refractivity contribution in [2.75, 3.05) is 16.8 Å². The van der Waals surface area contributed by atoms with Crippen molar-refractivity contribution in [1.82, 2.24) is 0 Å². The molecule has 0 saturated heterocycles. The normalized spacial score (nSPS) is 11.3. The first kappa shape index (κ1) is 13.8. The molecule has 3 N–H and O–H groups in total. The molecule has 1 aromatic rings. The average molecular weight is 256 g/mol. The second-order valence-corrected chi connectivity index (χ2v) is 6.49. The van der Waals surface area contributed by atoms with E-state index >= 15 is 0 Å². The average Bonchev–Trinajstić information content (AvgIpc) is 2.20. The lowest BCUT2D eigenvalue weighted by atomic mass is 10.2. The molecule has 1 rings (SSSR count). The van der Waals surface area contributed by atoms with Gasteiger partial charge < -0.3 is 11.1 Å². The van der Waals surface area contributed by atoms with Gasteiger partial charge >= 0.3 is 0 Å². The number of nitrogens with one attached hydrogen (secondary N) is 1. The molecule has 1 amide bonds. The van der Waals surface area contributed by atoms with Gasteiger partial charge in [0.2, 0.25) is 5.91 Å². The van der Waals surface area contributed by atoms with E-state index in [0.29, 0.717) is 11.4 Å². The largest absolute Gasteiger partial charge is 0.396 e. The van der Waals surface area contributed by atoms with Crippen molar-refractivity contribution in [2.24, 2.45) is 0 Å². The van der Waals surface area contributed by atoms with Crippen LogP contribution >= 0.6 is 11.8 Å². The van der Waals surface area contributed by atoms with E-state index in [-0.39, 0.29) is 16.3 Å². The van der Waals surface area contributed by atoms with Gasteiger partial charge in [-0.3, -0.25) is 4.79 Å². The number of amides is 1. The van der Waals surface area contributed by atoms with Gasteiger partial charge in [-0.15, -0.1) is 11.8 Å². The number of benzene rings is 1. The fourth-order valence-corrected chi connectivity index (χ4v) is 1.74. The second-order valence-electron chi connectivity index (χ2n) is 4.69. The molecule has 0 spiro atoms. The molecule has 94 valence electrons. The third kappa shape index (κ3) is 5.08. The summed E-state index contributed by atoms with van der Waals surface area (Å²) in [4.78, 5) is 11.6. The summed E-state index contributed by atoms with van der Waals surface area (Å²) in [5.74, 6) is -0.233. The molecule has 0 fully saturated rings. The van der Waals surface area contributed by atoms with E-state index in [4.69, 9.17) is 5.73 Å². The summed E-state index contributed by atoms with van der Waals surface area (Å²) in [5, 5.41) is 2.68. The Kier molecular flexibility index (Phi) is 4.40. The molecule has 0 heterocycles. The van der Waals surface area contributed by atoms with Crippen LogP contribution in [0.1, 0.15) is 20.8 Å². The van der Waals surface area contributed by atoms with Crippen molar-refractivity contribution in [3.63, 3.8) is 0 Å². The van der Waals surface area contributed by atoms with Crippen LogP contribution in [-0.2, 0) is 4.79 Å². The van der Waals surface area contributed by atoms with Crippen LogP contribution in [0.15, 0.2) is 18.2 Å². The van der Waals surface area contributed by atoms with E-state index in [1.54, 1.807) is 11.8 Å². The summed E-state index contributed by atoms with van der Waals surface area (Å²) in [7, 11) is 0. The molecule has 0 aliphatic heterocycles. The highest BCUT2D eigenvalue weighted by Gasteiger charge is 2.13. The first-order chi connectivity index (χ1) is 7.78. The van der Waals surface area contributed by atoms with Gasteiger partial charge in [0.15, 0.2) is 0 Å². The molecule has 1 aromatic carbocycles. The quantitative estimate of drug-likeness (QED) is 0.818. The standard InChI is InChI=1S/C12H17FN2OS/c1-12(2,3)17-7-11(16)15-8-4-5-9(13)10(14)6-8/h4-6H,7,14H2,1-3H3,(H,15,16). The van der Waals surface area contributed by atoms with Gasteiger partial charge in [0.1, 0.15) is 5.82 Å². The maximum atomic E-state index is 12.9. The number of rotatable bonds is 3. The molecule has 0 aliphatic carbocycles. The zero-order chi connectivity index (χ0) is 13.1. The van der Waals surface area contributed by atoms with Crippen LogP contribution in [0.5, 0.6) is 0 Å². The Balaban J connectivity index is 2.54. The number of thioether (sulfide) groups is 1. The van der Waals surface area contributed by atoms with Crippen LogP contribution in [0.25, 0.3) is 0 Å². The minimum absolute atomic E-state index is 0.0336. The first-order valence-corrected chi connectivity index (χ1v) is 6.25. The van der Waals surface area contributed by atoms with Crippen molar-refractivity contribution in [2.45, 2.75) is 25.5 Å². The van der Waals surface area contributed by atoms with E-state index in [1.165, 1.54) is 18.2 Å². The number of carbonyl (C=O) groups excluding carboxylic acids is 1. The Morgan fingerprint density at radius 3 is 2.65 bits per heavy atom. The van der Waals surface area contributed by atoms with E-state index in [1.807, 2.05) is 20.8 Å². The predicted molar refractivity (Wildman–Crippen MR) is 71.7 cm³/mol. The van der Waals surface area contributed by atoms with Crippen molar-refractivity contribution >= 4 is 29.0 Å². The van der Waals surface area contributed by atoms with E-state index in [2.05, 4.69) is 5.32 Å². The van der Waals surface area contributed by atoms with Gasteiger partial charge in [0, 0.05) is 10.4 Å². The third-order valence-electron chi connectivity index (χ3n) is 1.92. The Bertz CT molecular complexity index is 415. The van der Waals surface area contributed by atoms with Gasteiger partial charge in [-0.05, 0) is 18.2 Å². The third-order valence-corrected chi connectivity index (χ3v) is 3.19. The smallest absolute Gasteiger partial charge is 0.234 e. The summed E-state index contributed by atoms with van der Waals surface area (Å²) in [6, 6.07) is 4.14. The second kappa shape index (κ2) is 5.40. The highest BCUT2D eigenvalue weighted by molar-refractivity contribution is 8.01. The molecule has 0 aromatic heterocycles. The predicted octanol–water partition coefficient (Wildman–Crippen LogP) is 2.88. The zero-order valence-electron chi connectivity index (χ0n) is 10.2. The fourth-order valence-electron chi connectivity index (χ4n) is 1.10. The highest BCUT2D eigenvalue weighted by Crippen LogP contribution is 2.23. The number of carbonyl (C=O) groups is 1. The maximum Gasteiger partial charge on any atom is 0.234 e. The number of halogens is 1. The van der Waals surface area contributed by atoms with Gasteiger partial charge in [0.05, 0.1) is 11.4 Å². The minimum Gasteiger partial charge on any atom is -0.396 e. The van der Waals surface area contributed by atoms with E-state index in [0.717, 1.165) is 0 Å². The molecule has 0 radical (unpaired) electrons. The molecule has 0 unspecified atom stereocenters. The number of nitrogens with two attached hydrogens (primary N) is 1. The molecule has 0 bridgehead atoms. The van der Waals surface area contributed by atoms with Crippen molar-refractivity contribution in [1.29, 1.82) is 0 Å². The van der Waals surface area contributed by atoms with E-state index < -0.39 is 5.82 Å². The summed E-state index contributed by atoms with van der Waals surface area (Å²) in [6.07, 6.45) is 0. The number of hydrogen-bond donors (Lipinski definition) is 2. The fraction of sp³-hybridized carbons (Fsp3) is 0.417. The van der Waals surface area contributed by atoms with Crippen molar-refractivity contribution in [3.8, 4) is 0 Å². The van der Waals surface area contributed by atoms with Gasteiger partial charge in [-0.2, -0.15) is 0 Å². The lowest BCUT2D eigenvalue weighted by Gasteiger charge is -2.17. The number of nitrogen functional groups attached to an aromatic ring is 1. The van der Waals surface area contributed by atoms with Crippen LogP contribution in [0.3, 0.4) is 0 Å². The summed E-state index contributed by atoms with van der Waals surface area (Å²) in [5.41, 5.74) is 5.96. The molecular weight excluding hydrogens is 239 g/mol. The van der Waals surface area contributed by atoms with Crippen LogP contribution in [0, 0.1) is 5.82 Å². The Morgan fingerprint density at radius 1 is 1.47 bits per heavy atom. The molecule has 0 aliphatic rings. The molecule has 5 heteroatoms. The number of anilines is 2. The minimum atomic E-state index is -0.480. The molecule has 0 saturated carbocycles. The molecule has 3 nitrogen and oxygen atoms in total. The monoisotopic (exact) mass is 256 g/mol. The summed E-state index contributed by atoms with van der Waals surface area (Å²) in [6.45, 7) is 6.13. The Morgan fingerprint density at radius 2 is 2.12 bits per heavy atom. The maximum absolute atomic E-state index is 12.9. The SMILES string of the molecule is CC(C)(C)SCC(=O)Nc1ccc(F)c(N)c1. The summed E-state index contributed by atoms with van der Waals surface area (Å²) < 4.78 is 12.9.